The summed E-state index contributed by atoms with van der Waals surface area (Å²) in [5.41, 5.74) is 0.732. The van der Waals surface area contributed by atoms with E-state index in [0.29, 0.717) is 16.0 Å². The number of methoxy groups -OCH3 is 1. The smallest absolute Gasteiger partial charge is 0.247 e. The molecule has 0 aliphatic rings. The number of para-hydroxylation sites is 1. The summed E-state index contributed by atoms with van der Waals surface area (Å²) in [6.07, 6.45) is 0. The van der Waals surface area contributed by atoms with Gasteiger partial charge in [0.25, 0.3) is 0 Å². The van der Waals surface area contributed by atoms with Crippen LogP contribution in [0.3, 0.4) is 0 Å². The van der Waals surface area contributed by atoms with Crippen LogP contribution >= 0.6 is 15.9 Å². The van der Waals surface area contributed by atoms with Gasteiger partial charge in [-0.2, -0.15) is 4.31 Å². The average molecular weight is 424 g/mol. The predicted octanol–water partition coefficient (Wildman–Crippen LogP) is 4.59. The van der Waals surface area contributed by atoms with Crippen LogP contribution in [-0.2, 0) is 10.0 Å². The van der Waals surface area contributed by atoms with Gasteiger partial charge in [0.1, 0.15) is 22.0 Å². The number of halogens is 1. The SMILES string of the molecule is COc1ccc(Br)cc1S(=O)(=O)N(C)C(C)c1cc2ccccc2o1. The van der Waals surface area contributed by atoms with Crippen LogP contribution in [0, 0.1) is 0 Å². The standard InChI is InChI=1S/C18H18BrNO4S/c1-12(17-10-13-6-4-5-7-15(13)24-17)20(2)25(21,22)18-11-14(19)8-9-16(18)23-3/h4-12H,1-3H3. The number of ether oxygens (including phenoxy) is 1. The summed E-state index contributed by atoms with van der Waals surface area (Å²) in [6.45, 7) is 1.79. The van der Waals surface area contributed by atoms with E-state index >= 15 is 0 Å². The lowest BCUT2D eigenvalue weighted by molar-refractivity contribution is 0.344. The molecule has 132 valence electrons. The third-order valence-electron chi connectivity index (χ3n) is 4.18. The summed E-state index contributed by atoms with van der Waals surface area (Å²) in [6, 6.07) is 13.9. The topological polar surface area (TPSA) is 59.8 Å². The van der Waals surface area contributed by atoms with Crippen LogP contribution in [0.2, 0.25) is 0 Å². The maximum absolute atomic E-state index is 13.1. The molecule has 1 atom stereocenters. The van der Waals surface area contributed by atoms with Crippen molar-refractivity contribution in [2.75, 3.05) is 14.2 Å². The van der Waals surface area contributed by atoms with Gasteiger partial charge >= 0.3 is 0 Å². The Morgan fingerprint density at radius 1 is 1.16 bits per heavy atom. The maximum atomic E-state index is 13.1. The normalized spacial score (nSPS) is 13.3. The minimum absolute atomic E-state index is 0.106. The molecule has 5 nitrogen and oxygen atoms in total. The molecule has 0 saturated heterocycles. The molecule has 0 fully saturated rings. The number of hydrogen-bond acceptors (Lipinski definition) is 4. The molecule has 0 aliphatic carbocycles. The van der Waals surface area contributed by atoms with E-state index in [2.05, 4.69) is 15.9 Å². The van der Waals surface area contributed by atoms with Crippen LogP contribution in [-0.4, -0.2) is 26.9 Å². The van der Waals surface area contributed by atoms with E-state index in [1.807, 2.05) is 30.3 Å². The first-order chi connectivity index (χ1) is 11.8. The Hall–Kier alpha value is -1.83. The largest absolute Gasteiger partial charge is 0.495 e. The molecule has 0 spiro atoms. The molecule has 3 aromatic rings. The molecule has 0 radical (unpaired) electrons. The molecular weight excluding hydrogens is 406 g/mol. The van der Waals surface area contributed by atoms with Crippen molar-refractivity contribution in [2.45, 2.75) is 17.9 Å². The molecular formula is C18H18BrNO4S. The molecule has 3 rings (SSSR count). The van der Waals surface area contributed by atoms with Crippen molar-refractivity contribution in [2.24, 2.45) is 0 Å². The van der Waals surface area contributed by atoms with Crippen molar-refractivity contribution in [1.82, 2.24) is 4.31 Å². The fraction of sp³-hybridized carbons (Fsp3) is 0.222. The van der Waals surface area contributed by atoms with Gasteiger partial charge in [-0.3, -0.25) is 0 Å². The Balaban J connectivity index is 2.01. The van der Waals surface area contributed by atoms with Gasteiger partial charge in [0.15, 0.2) is 0 Å². The minimum Gasteiger partial charge on any atom is -0.495 e. The molecule has 0 bridgehead atoms. The van der Waals surface area contributed by atoms with Crippen molar-refractivity contribution in [3.05, 3.63) is 58.8 Å². The highest BCUT2D eigenvalue weighted by molar-refractivity contribution is 9.10. The Bertz CT molecular complexity index is 980. The van der Waals surface area contributed by atoms with Crippen LogP contribution < -0.4 is 4.74 Å². The number of hydrogen-bond donors (Lipinski definition) is 0. The summed E-state index contributed by atoms with van der Waals surface area (Å²) in [7, 11) is -0.786. The van der Waals surface area contributed by atoms with Crippen molar-refractivity contribution in [3.8, 4) is 5.75 Å². The van der Waals surface area contributed by atoms with Gasteiger partial charge in [-0.25, -0.2) is 8.42 Å². The summed E-state index contributed by atoms with van der Waals surface area (Å²) >= 11 is 3.32. The zero-order valence-electron chi connectivity index (χ0n) is 14.1. The summed E-state index contributed by atoms with van der Waals surface area (Å²) in [4.78, 5) is 0.106. The summed E-state index contributed by atoms with van der Waals surface area (Å²) in [5, 5.41) is 0.940. The van der Waals surface area contributed by atoms with Crippen LogP contribution in [0.25, 0.3) is 11.0 Å². The molecule has 7 heteroatoms. The first-order valence-corrected chi connectivity index (χ1v) is 9.88. The third-order valence-corrected chi connectivity index (χ3v) is 6.63. The van der Waals surface area contributed by atoms with Crippen LogP contribution in [0.5, 0.6) is 5.75 Å². The number of sulfonamides is 1. The number of benzene rings is 2. The minimum atomic E-state index is -3.77. The molecule has 0 saturated carbocycles. The Labute approximate surface area is 155 Å². The molecule has 0 N–H and O–H groups in total. The summed E-state index contributed by atoms with van der Waals surface area (Å²) < 4.78 is 39.1. The second-order valence-electron chi connectivity index (χ2n) is 5.68. The number of fused-ring (bicyclic) bond motifs is 1. The van der Waals surface area contributed by atoms with Gasteiger partial charge in [0.2, 0.25) is 10.0 Å². The van der Waals surface area contributed by atoms with Gasteiger partial charge in [-0.15, -0.1) is 0 Å². The van der Waals surface area contributed by atoms with E-state index < -0.39 is 16.1 Å². The Morgan fingerprint density at radius 2 is 1.88 bits per heavy atom. The average Bonchev–Trinajstić information content (AvgIpc) is 3.04. The Morgan fingerprint density at radius 3 is 2.56 bits per heavy atom. The molecule has 25 heavy (non-hydrogen) atoms. The van der Waals surface area contributed by atoms with E-state index in [1.54, 1.807) is 19.1 Å². The van der Waals surface area contributed by atoms with Crippen molar-refractivity contribution >= 4 is 36.9 Å². The van der Waals surface area contributed by atoms with E-state index in [9.17, 15) is 8.42 Å². The molecule has 2 aromatic carbocycles. The highest BCUT2D eigenvalue weighted by atomic mass is 79.9. The van der Waals surface area contributed by atoms with Crippen LogP contribution in [0.1, 0.15) is 18.7 Å². The van der Waals surface area contributed by atoms with Gasteiger partial charge in [0.05, 0.1) is 13.2 Å². The van der Waals surface area contributed by atoms with Gasteiger partial charge in [-0.05, 0) is 37.3 Å². The Kier molecular flexibility index (Phi) is 4.90. The van der Waals surface area contributed by atoms with E-state index in [4.69, 9.17) is 9.15 Å². The monoisotopic (exact) mass is 423 g/mol. The van der Waals surface area contributed by atoms with Gasteiger partial charge in [-0.1, -0.05) is 34.1 Å². The third kappa shape index (κ3) is 3.31. The van der Waals surface area contributed by atoms with Gasteiger partial charge < -0.3 is 9.15 Å². The van der Waals surface area contributed by atoms with E-state index in [-0.39, 0.29) is 4.90 Å². The summed E-state index contributed by atoms with van der Waals surface area (Å²) in [5.74, 6) is 0.882. The maximum Gasteiger partial charge on any atom is 0.247 e. The zero-order valence-corrected chi connectivity index (χ0v) is 16.5. The lowest BCUT2D eigenvalue weighted by Gasteiger charge is -2.23. The first kappa shape index (κ1) is 18.0. The first-order valence-electron chi connectivity index (χ1n) is 7.64. The van der Waals surface area contributed by atoms with E-state index in [1.165, 1.54) is 24.5 Å². The number of rotatable bonds is 5. The molecule has 1 aromatic heterocycles. The predicted molar refractivity (Wildman–Crippen MR) is 100 cm³/mol. The fourth-order valence-electron chi connectivity index (χ4n) is 2.60. The highest BCUT2D eigenvalue weighted by Crippen LogP contribution is 2.34. The van der Waals surface area contributed by atoms with Crippen LogP contribution in [0.4, 0.5) is 0 Å². The second-order valence-corrected chi connectivity index (χ2v) is 8.56. The van der Waals surface area contributed by atoms with E-state index in [0.717, 1.165) is 11.0 Å². The number of furan rings is 1. The van der Waals surface area contributed by atoms with Gasteiger partial charge in [0, 0.05) is 16.9 Å². The molecule has 1 unspecified atom stereocenters. The fourth-order valence-corrected chi connectivity index (χ4v) is 4.63. The quantitative estimate of drug-likeness (QED) is 0.602. The van der Waals surface area contributed by atoms with Crippen molar-refractivity contribution in [3.63, 3.8) is 0 Å². The molecule has 1 heterocycles. The number of nitrogens with zero attached hydrogens (tertiary/aromatic N) is 1. The zero-order chi connectivity index (χ0) is 18.2. The lowest BCUT2D eigenvalue weighted by atomic mass is 10.2. The van der Waals surface area contributed by atoms with Crippen molar-refractivity contribution < 1.29 is 17.6 Å². The van der Waals surface area contributed by atoms with Crippen LogP contribution in [0.15, 0.2) is 62.3 Å². The second kappa shape index (κ2) is 6.82. The van der Waals surface area contributed by atoms with Crippen molar-refractivity contribution in [1.29, 1.82) is 0 Å². The highest BCUT2D eigenvalue weighted by Gasteiger charge is 2.31. The molecule has 0 amide bonds. The lowest BCUT2D eigenvalue weighted by Crippen LogP contribution is -2.30. The molecule has 0 aliphatic heterocycles.